The molecular formula is C14H16FNO. The average Bonchev–Trinajstić information content (AvgIpc) is 2.97. The summed E-state index contributed by atoms with van der Waals surface area (Å²) in [7, 11) is 0. The van der Waals surface area contributed by atoms with Crippen molar-refractivity contribution in [2.24, 2.45) is 5.92 Å². The molecule has 2 nitrogen and oxygen atoms in total. The van der Waals surface area contributed by atoms with Crippen LogP contribution in [0.15, 0.2) is 24.3 Å². The van der Waals surface area contributed by atoms with Crippen LogP contribution in [0.25, 0.3) is 0 Å². The Labute approximate surface area is 100 Å². The van der Waals surface area contributed by atoms with Crippen molar-refractivity contribution in [1.82, 2.24) is 5.32 Å². The summed E-state index contributed by atoms with van der Waals surface area (Å²) in [6.07, 6.45) is 5.15. The van der Waals surface area contributed by atoms with Crippen molar-refractivity contribution >= 4 is 5.91 Å². The predicted molar refractivity (Wildman–Crippen MR) is 62.8 cm³/mol. The van der Waals surface area contributed by atoms with E-state index < -0.39 is 0 Å². The van der Waals surface area contributed by atoms with Crippen LogP contribution in [0.1, 0.15) is 37.7 Å². The number of hydrogen-bond acceptors (Lipinski definition) is 1. The molecule has 0 aromatic heterocycles. The Balaban J connectivity index is 1.72. The minimum atomic E-state index is -0.227. The summed E-state index contributed by atoms with van der Waals surface area (Å²) in [5.74, 6) is 0.167. The van der Waals surface area contributed by atoms with Gasteiger partial charge in [0.05, 0.1) is 5.54 Å². The Bertz CT molecular complexity index is 432. The molecule has 0 spiro atoms. The van der Waals surface area contributed by atoms with E-state index >= 15 is 0 Å². The molecule has 2 fully saturated rings. The summed E-state index contributed by atoms with van der Waals surface area (Å²) in [5.41, 5.74) is 0.840. The van der Waals surface area contributed by atoms with Gasteiger partial charge in [0.25, 0.3) is 0 Å². The zero-order valence-corrected chi connectivity index (χ0v) is 9.71. The summed E-state index contributed by atoms with van der Waals surface area (Å²) in [4.78, 5) is 11.9. The molecular weight excluding hydrogens is 217 g/mol. The van der Waals surface area contributed by atoms with Crippen LogP contribution < -0.4 is 5.32 Å². The maximum atomic E-state index is 12.9. The lowest BCUT2D eigenvalue weighted by Crippen LogP contribution is -2.41. The topological polar surface area (TPSA) is 29.1 Å². The Morgan fingerprint density at radius 1 is 1.24 bits per heavy atom. The standard InChI is InChI=1S/C14H16FNO/c15-12-6-4-11(5-7-12)14(8-9-14)16-13(17)10-2-1-3-10/h4-7,10H,1-3,8-9H2,(H,16,17). The Morgan fingerprint density at radius 2 is 1.88 bits per heavy atom. The van der Waals surface area contributed by atoms with Crippen LogP contribution in [0, 0.1) is 11.7 Å². The molecule has 1 aromatic rings. The van der Waals surface area contributed by atoms with E-state index in [1.54, 1.807) is 12.1 Å². The first-order valence-corrected chi connectivity index (χ1v) is 6.28. The first-order chi connectivity index (χ1) is 8.20. The van der Waals surface area contributed by atoms with E-state index in [0.29, 0.717) is 0 Å². The fourth-order valence-electron chi connectivity index (χ4n) is 2.39. The molecule has 2 aliphatic rings. The second kappa shape index (κ2) is 3.83. The van der Waals surface area contributed by atoms with Crippen LogP contribution in [0.5, 0.6) is 0 Å². The second-order valence-corrected chi connectivity index (χ2v) is 5.21. The van der Waals surface area contributed by atoms with Gasteiger partial charge in [-0.2, -0.15) is 0 Å². The van der Waals surface area contributed by atoms with E-state index in [0.717, 1.165) is 31.2 Å². The maximum Gasteiger partial charge on any atom is 0.223 e. The van der Waals surface area contributed by atoms with Crippen LogP contribution in [-0.4, -0.2) is 5.91 Å². The van der Waals surface area contributed by atoms with Gasteiger partial charge in [-0.15, -0.1) is 0 Å². The highest BCUT2D eigenvalue weighted by molar-refractivity contribution is 5.80. The average molecular weight is 233 g/mol. The van der Waals surface area contributed by atoms with Gasteiger partial charge in [-0.1, -0.05) is 18.6 Å². The van der Waals surface area contributed by atoms with E-state index in [2.05, 4.69) is 5.32 Å². The zero-order valence-electron chi connectivity index (χ0n) is 9.71. The number of halogens is 1. The number of carbonyl (C=O) groups excluding carboxylic acids is 1. The van der Waals surface area contributed by atoms with Gasteiger partial charge >= 0.3 is 0 Å². The van der Waals surface area contributed by atoms with Crippen molar-refractivity contribution in [3.63, 3.8) is 0 Å². The van der Waals surface area contributed by atoms with Gasteiger partial charge in [0, 0.05) is 5.92 Å². The molecule has 90 valence electrons. The number of rotatable bonds is 3. The molecule has 2 aliphatic carbocycles. The molecule has 1 amide bonds. The van der Waals surface area contributed by atoms with Crippen LogP contribution >= 0.6 is 0 Å². The summed E-state index contributed by atoms with van der Waals surface area (Å²) >= 11 is 0. The summed E-state index contributed by atoms with van der Waals surface area (Å²) < 4.78 is 12.9. The molecule has 0 heterocycles. The molecule has 2 saturated carbocycles. The minimum absolute atomic E-state index is 0.179. The highest BCUT2D eigenvalue weighted by atomic mass is 19.1. The maximum absolute atomic E-state index is 12.9. The molecule has 3 rings (SSSR count). The van der Waals surface area contributed by atoms with Crippen LogP contribution in [0.4, 0.5) is 4.39 Å². The van der Waals surface area contributed by atoms with E-state index in [4.69, 9.17) is 0 Å². The molecule has 3 heteroatoms. The molecule has 0 saturated heterocycles. The predicted octanol–water partition coefficient (Wildman–Crippen LogP) is 2.73. The first-order valence-electron chi connectivity index (χ1n) is 6.28. The van der Waals surface area contributed by atoms with Crippen molar-refractivity contribution in [2.75, 3.05) is 0 Å². The normalized spacial score (nSPS) is 21.7. The molecule has 1 aromatic carbocycles. The molecule has 17 heavy (non-hydrogen) atoms. The highest BCUT2D eigenvalue weighted by Crippen LogP contribution is 2.46. The number of amides is 1. The van der Waals surface area contributed by atoms with Gasteiger partial charge < -0.3 is 5.32 Å². The molecule has 1 N–H and O–H groups in total. The first kappa shape index (κ1) is 10.8. The van der Waals surface area contributed by atoms with Crippen LogP contribution in [0.3, 0.4) is 0 Å². The summed E-state index contributed by atoms with van der Waals surface area (Å²) in [6, 6.07) is 6.49. The smallest absolute Gasteiger partial charge is 0.223 e. The number of hydrogen-bond donors (Lipinski definition) is 1. The van der Waals surface area contributed by atoms with E-state index in [-0.39, 0.29) is 23.2 Å². The third-order valence-electron chi connectivity index (χ3n) is 3.99. The quantitative estimate of drug-likeness (QED) is 0.854. The van der Waals surface area contributed by atoms with Crippen molar-refractivity contribution in [3.8, 4) is 0 Å². The van der Waals surface area contributed by atoms with Crippen LogP contribution in [-0.2, 0) is 10.3 Å². The van der Waals surface area contributed by atoms with Crippen molar-refractivity contribution in [2.45, 2.75) is 37.6 Å². The fraction of sp³-hybridized carbons (Fsp3) is 0.500. The third-order valence-corrected chi connectivity index (χ3v) is 3.99. The van der Waals surface area contributed by atoms with E-state index in [9.17, 15) is 9.18 Å². The lowest BCUT2D eigenvalue weighted by molar-refractivity contribution is -0.128. The molecule has 0 aliphatic heterocycles. The van der Waals surface area contributed by atoms with Crippen molar-refractivity contribution in [3.05, 3.63) is 35.6 Å². The van der Waals surface area contributed by atoms with Gasteiger partial charge in [-0.3, -0.25) is 4.79 Å². The van der Waals surface area contributed by atoms with E-state index in [1.807, 2.05) is 0 Å². The number of carbonyl (C=O) groups is 1. The molecule has 0 unspecified atom stereocenters. The monoisotopic (exact) mass is 233 g/mol. The third kappa shape index (κ3) is 1.94. The summed E-state index contributed by atoms with van der Waals surface area (Å²) in [6.45, 7) is 0. The Kier molecular flexibility index (Phi) is 2.42. The van der Waals surface area contributed by atoms with Gasteiger partial charge in [-0.05, 0) is 43.4 Å². The van der Waals surface area contributed by atoms with Gasteiger partial charge in [0.15, 0.2) is 0 Å². The highest BCUT2D eigenvalue weighted by Gasteiger charge is 2.46. The molecule has 0 atom stereocenters. The van der Waals surface area contributed by atoms with Crippen LogP contribution in [0.2, 0.25) is 0 Å². The lowest BCUT2D eigenvalue weighted by Gasteiger charge is -2.27. The Morgan fingerprint density at radius 3 is 2.35 bits per heavy atom. The fourth-order valence-corrected chi connectivity index (χ4v) is 2.39. The second-order valence-electron chi connectivity index (χ2n) is 5.21. The molecule has 0 bridgehead atoms. The number of nitrogens with one attached hydrogen (secondary N) is 1. The van der Waals surface area contributed by atoms with Gasteiger partial charge in [0.1, 0.15) is 5.82 Å². The Hall–Kier alpha value is -1.38. The largest absolute Gasteiger partial charge is 0.346 e. The van der Waals surface area contributed by atoms with E-state index in [1.165, 1.54) is 18.6 Å². The number of benzene rings is 1. The SMILES string of the molecule is O=C(NC1(c2ccc(F)cc2)CC1)C1CCC1. The zero-order chi connectivity index (χ0) is 11.9. The molecule has 0 radical (unpaired) electrons. The van der Waals surface area contributed by atoms with Crippen molar-refractivity contribution in [1.29, 1.82) is 0 Å². The summed E-state index contributed by atoms with van der Waals surface area (Å²) in [5, 5.41) is 3.14. The van der Waals surface area contributed by atoms with Gasteiger partial charge in [0.2, 0.25) is 5.91 Å². The van der Waals surface area contributed by atoms with Gasteiger partial charge in [-0.25, -0.2) is 4.39 Å². The minimum Gasteiger partial charge on any atom is -0.346 e. The lowest BCUT2D eigenvalue weighted by atomic mass is 9.84. The van der Waals surface area contributed by atoms with Crippen molar-refractivity contribution < 1.29 is 9.18 Å².